The molecule has 1 aliphatic carbocycles. The van der Waals surface area contributed by atoms with Gasteiger partial charge in [0.15, 0.2) is 0 Å². The van der Waals surface area contributed by atoms with E-state index in [9.17, 15) is 9.59 Å². The van der Waals surface area contributed by atoms with E-state index in [1.807, 2.05) is 23.1 Å². The van der Waals surface area contributed by atoms with E-state index in [0.29, 0.717) is 6.54 Å². The van der Waals surface area contributed by atoms with Gasteiger partial charge < -0.3 is 9.47 Å². The molecule has 0 atom stereocenters. The fraction of sp³-hybridized carbons (Fsp3) is 0.238. The van der Waals surface area contributed by atoms with E-state index in [1.54, 1.807) is 25.4 Å². The normalized spacial score (nSPS) is 13.8. The summed E-state index contributed by atoms with van der Waals surface area (Å²) in [5.74, 6) is -0.170. The lowest BCUT2D eigenvalue weighted by atomic mass is 10.0. The van der Waals surface area contributed by atoms with Crippen molar-refractivity contribution in [3.8, 4) is 0 Å². The van der Waals surface area contributed by atoms with Gasteiger partial charge in [-0.2, -0.15) is 0 Å². The first-order valence-electron chi connectivity index (χ1n) is 8.58. The van der Waals surface area contributed by atoms with Crippen LogP contribution in [0.25, 0.3) is 10.8 Å². The number of hydrogen-bond donors (Lipinski definition) is 0. The first-order chi connectivity index (χ1) is 12.1. The zero-order chi connectivity index (χ0) is 17.4. The van der Waals surface area contributed by atoms with Gasteiger partial charge >= 0.3 is 0 Å². The van der Waals surface area contributed by atoms with Crippen LogP contribution in [0.15, 0.2) is 65.6 Å². The van der Waals surface area contributed by atoms with Gasteiger partial charge in [0.25, 0.3) is 11.5 Å². The summed E-state index contributed by atoms with van der Waals surface area (Å²) < 4.78 is 1.45. The van der Waals surface area contributed by atoms with Gasteiger partial charge in [-0.25, -0.2) is 0 Å². The Kier molecular flexibility index (Phi) is 3.88. The molecule has 0 N–H and O–H groups in total. The van der Waals surface area contributed by atoms with Crippen molar-refractivity contribution in [2.24, 2.45) is 7.05 Å². The molecule has 0 unspecified atom stereocenters. The smallest absolute Gasteiger partial charge is 0.263 e. The third-order valence-corrected chi connectivity index (χ3v) is 4.82. The lowest BCUT2D eigenvalue weighted by Gasteiger charge is -2.23. The fourth-order valence-corrected chi connectivity index (χ4v) is 3.28. The van der Waals surface area contributed by atoms with Crippen molar-refractivity contribution >= 4 is 16.7 Å². The Labute approximate surface area is 146 Å². The molecule has 4 nitrogen and oxygen atoms in total. The second-order valence-corrected chi connectivity index (χ2v) is 6.64. The van der Waals surface area contributed by atoms with Crippen LogP contribution in [-0.2, 0) is 13.6 Å². The van der Waals surface area contributed by atoms with Crippen LogP contribution in [0.2, 0.25) is 0 Å². The minimum absolute atomic E-state index is 0.170. The van der Waals surface area contributed by atoms with E-state index in [-0.39, 0.29) is 23.1 Å². The average molecular weight is 332 g/mol. The molecule has 1 heterocycles. The minimum Gasteiger partial charge on any atom is -0.331 e. The van der Waals surface area contributed by atoms with Crippen molar-refractivity contribution in [3.05, 3.63) is 82.3 Å². The molecule has 0 bridgehead atoms. The largest absolute Gasteiger partial charge is 0.331 e. The number of nitrogens with zero attached hydrogens (tertiary/aromatic N) is 2. The van der Waals surface area contributed by atoms with Crippen molar-refractivity contribution in [2.45, 2.75) is 25.4 Å². The van der Waals surface area contributed by atoms with Crippen LogP contribution in [0.4, 0.5) is 0 Å². The van der Waals surface area contributed by atoms with E-state index in [4.69, 9.17) is 0 Å². The van der Waals surface area contributed by atoms with E-state index >= 15 is 0 Å². The SMILES string of the molecule is Cn1cccc(C(=O)N(Cc2cccc3ccccc23)C2CC2)c1=O. The first kappa shape index (κ1) is 15.6. The third-order valence-electron chi connectivity index (χ3n) is 4.82. The molecule has 0 radical (unpaired) electrons. The van der Waals surface area contributed by atoms with Crippen molar-refractivity contribution in [3.63, 3.8) is 0 Å². The third kappa shape index (κ3) is 2.95. The second kappa shape index (κ2) is 6.20. The summed E-state index contributed by atoms with van der Waals surface area (Å²) >= 11 is 0. The van der Waals surface area contributed by atoms with Gasteiger partial charge in [0.05, 0.1) is 0 Å². The molecule has 126 valence electrons. The molecule has 0 aliphatic heterocycles. The molecule has 2 aromatic carbocycles. The van der Waals surface area contributed by atoms with Crippen LogP contribution in [-0.4, -0.2) is 21.4 Å². The summed E-state index contributed by atoms with van der Waals surface area (Å²) in [6.45, 7) is 0.531. The molecular weight excluding hydrogens is 312 g/mol. The van der Waals surface area contributed by atoms with Gasteiger partial charge in [0.1, 0.15) is 5.56 Å². The molecule has 3 aromatic rings. The quantitative estimate of drug-likeness (QED) is 0.735. The maximum absolute atomic E-state index is 13.1. The molecule has 25 heavy (non-hydrogen) atoms. The minimum atomic E-state index is -0.240. The van der Waals surface area contributed by atoms with Gasteiger partial charge in [-0.3, -0.25) is 9.59 Å². The van der Waals surface area contributed by atoms with E-state index < -0.39 is 0 Å². The number of pyridine rings is 1. The highest BCUT2D eigenvalue weighted by Gasteiger charge is 2.34. The molecule has 1 aromatic heterocycles. The van der Waals surface area contributed by atoms with Crippen molar-refractivity contribution < 1.29 is 4.79 Å². The molecule has 4 rings (SSSR count). The highest BCUT2D eigenvalue weighted by atomic mass is 16.2. The summed E-state index contributed by atoms with van der Waals surface area (Å²) in [4.78, 5) is 27.2. The van der Waals surface area contributed by atoms with E-state index in [2.05, 4.69) is 24.3 Å². The summed E-state index contributed by atoms with van der Waals surface area (Å²) in [6, 6.07) is 18.0. The van der Waals surface area contributed by atoms with Crippen molar-refractivity contribution in [1.29, 1.82) is 0 Å². The zero-order valence-corrected chi connectivity index (χ0v) is 14.2. The number of aryl methyl sites for hydroxylation is 1. The summed E-state index contributed by atoms with van der Waals surface area (Å²) in [5, 5.41) is 2.32. The number of carbonyl (C=O) groups is 1. The van der Waals surface area contributed by atoms with Crippen LogP contribution < -0.4 is 5.56 Å². The monoisotopic (exact) mass is 332 g/mol. The predicted molar refractivity (Wildman–Crippen MR) is 98.5 cm³/mol. The summed E-state index contributed by atoms with van der Waals surface area (Å²) in [6.07, 6.45) is 3.68. The van der Waals surface area contributed by atoms with Crippen LogP contribution >= 0.6 is 0 Å². The number of carbonyl (C=O) groups excluding carboxylic acids is 1. The fourth-order valence-electron chi connectivity index (χ4n) is 3.28. The molecule has 1 fully saturated rings. The molecule has 1 saturated carbocycles. The first-order valence-corrected chi connectivity index (χ1v) is 8.58. The van der Waals surface area contributed by atoms with Crippen LogP contribution in [0.1, 0.15) is 28.8 Å². The van der Waals surface area contributed by atoms with Crippen molar-refractivity contribution in [2.75, 3.05) is 0 Å². The highest BCUT2D eigenvalue weighted by Crippen LogP contribution is 2.31. The second-order valence-electron chi connectivity index (χ2n) is 6.64. The van der Waals surface area contributed by atoms with Crippen LogP contribution in [0.5, 0.6) is 0 Å². The predicted octanol–water partition coefficient (Wildman–Crippen LogP) is 3.34. The van der Waals surface area contributed by atoms with Crippen LogP contribution in [0, 0.1) is 0 Å². The average Bonchev–Trinajstić information content (AvgIpc) is 3.46. The Morgan fingerprint density at radius 2 is 1.84 bits per heavy atom. The molecular formula is C21H20N2O2. The Morgan fingerprint density at radius 3 is 2.64 bits per heavy atom. The Bertz CT molecular complexity index is 997. The van der Waals surface area contributed by atoms with Gasteiger partial charge in [0, 0.05) is 25.8 Å². The van der Waals surface area contributed by atoms with Gasteiger partial charge in [-0.1, -0.05) is 42.5 Å². The summed E-state index contributed by atoms with van der Waals surface area (Å²) in [7, 11) is 1.67. The molecule has 1 aliphatic rings. The van der Waals surface area contributed by atoms with Crippen molar-refractivity contribution in [1.82, 2.24) is 9.47 Å². The number of hydrogen-bond acceptors (Lipinski definition) is 2. The number of amides is 1. The van der Waals surface area contributed by atoms with Crippen LogP contribution in [0.3, 0.4) is 0 Å². The molecule has 0 saturated heterocycles. The molecule has 1 amide bonds. The Hall–Kier alpha value is -2.88. The molecule has 4 heteroatoms. The molecule has 0 spiro atoms. The lowest BCUT2D eigenvalue weighted by molar-refractivity contribution is 0.0728. The number of rotatable bonds is 4. The number of fused-ring (bicyclic) bond motifs is 1. The standard InChI is InChI=1S/C21H20N2O2/c1-22-13-5-10-19(20(22)24)21(25)23(17-11-12-17)14-16-8-4-7-15-6-2-3-9-18(15)16/h2-10,13,17H,11-12,14H2,1H3. The van der Waals surface area contributed by atoms with Gasteiger partial charge in [0.2, 0.25) is 0 Å². The highest BCUT2D eigenvalue weighted by molar-refractivity contribution is 5.94. The maximum Gasteiger partial charge on any atom is 0.263 e. The van der Waals surface area contributed by atoms with Gasteiger partial charge in [-0.15, -0.1) is 0 Å². The summed E-state index contributed by atoms with van der Waals surface area (Å²) in [5.41, 5.74) is 1.12. The number of aromatic nitrogens is 1. The lowest BCUT2D eigenvalue weighted by Crippen LogP contribution is -2.37. The van der Waals surface area contributed by atoms with E-state index in [0.717, 1.165) is 23.8 Å². The van der Waals surface area contributed by atoms with Gasteiger partial charge in [-0.05, 0) is 41.3 Å². The Morgan fingerprint density at radius 1 is 1.08 bits per heavy atom. The zero-order valence-electron chi connectivity index (χ0n) is 14.2. The maximum atomic E-state index is 13.1. The number of benzene rings is 2. The Balaban J connectivity index is 1.71. The topological polar surface area (TPSA) is 42.3 Å². The van der Waals surface area contributed by atoms with E-state index in [1.165, 1.54) is 9.95 Å².